The van der Waals surface area contributed by atoms with E-state index in [-0.39, 0.29) is 13.0 Å². The second-order valence-corrected chi connectivity index (χ2v) is 7.62. The summed E-state index contributed by atoms with van der Waals surface area (Å²) >= 11 is 0. The molecule has 27 heavy (non-hydrogen) atoms. The summed E-state index contributed by atoms with van der Waals surface area (Å²) in [6.07, 6.45) is 0.588. The largest absolute Gasteiger partial charge is 0.423 e. The molecule has 1 heterocycles. The maximum atomic E-state index is 12.5. The third kappa shape index (κ3) is 4.36. The molecule has 0 radical (unpaired) electrons. The molecule has 3 N–H and O–H groups in total. The van der Waals surface area contributed by atoms with Crippen molar-refractivity contribution in [2.75, 3.05) is 18.4 Å². The maximum Gasteiger partial charge on any atom is 0.340 e. The molecule has 0 spiro atoms. The van der Waals surface area contributed by atoms with E-state index in [1.807, 2.05) is 12.1 Å². The number of aliphatic hydroxyl groups excluding tert-OH is 1. The molecule has 0 unspecified atom stereocenters. The SMILES string of the molecule is CNS(=O)(=O)Nc1cccc(Cc2c(CCO)c3ccccc3oc2=O)c1. The van der Waals surface area contributed by atoms with Gasteiger partial charge in [-0.2, -0.15) is 8.42 Å². The zero-order chi connectivity index (χ0) is 19.4. The Morgan fingerprint density at radius 1 is 1.07 bits per heavy atom. The van der Waals surface area contributed by atoms with Crippen molar-refractivity contribution < 1.29 is 17.9 Å². The summed E-state index contributed by atoms with van der Waals surface area (Å²) in [6, 6.07) is 14.0. The lowest BCUT2D eigenvalue weighted by Gasteiger charge is -2.12. The van der Waals surface area contributed by atoms with E-state index in [0.29, 0.717) is 23.3 Å². The molecule has 0 saturated carbocycles. The van der Waals surface area contributed by atoms with Crippen LogP contribution in [0, 0.1) is 0 Å². The fraction of sp³-hybridized carbons (Fsp3) is 0.211. The molecule has 7 nitrogen and oxygen atoms in total. The minimum atomic E-state index is -3.63. The van der Waals surface area contributed by atoms with Gasteiger partial charge in [0.1, 0.15) is 5.58 Å². The van der Waals surface area contributed by atoms with E-state index in [9.17, 15) is 18.3 Å². The summed E-state index contributed by atoms with van der Waals surface area (Å²) < 4.78 is 33.3. The van der Waals surface area contributed by atoms with Crippen LogP contribution in [0.1, 0.15) is 16.7 Å². The van der Waals surface area contributed by atoms with E-state index in [1.165, 1.54) is 7.05 Å². The number of nitrogens with one attached hydrogen (secondary N) is 2. The molecule has 3 aromatic rings. The lowest BCUT2D eigenvalue weighted by atomic mass is 9.96. The highest BCUT2D eigenvalue weighted by atomic mass is 32.2. The molecule has 2 aromatic carbocycles. The van der Waals surface area contributed by atoms with E-state index in [0.717, 1.165) is 16.5 Å². The van der Waals surface area contributed by atoms with Gasteiger partial charge in [0.05, 0.1) is 5.69 Å². The third-order valence-corrected chi connectivity index (χ3v) is 5.26. The first kappa shape index (κ1) is 19.1. The number of anilines is 1. The Morgan fingerprint density at radius 3 is 2.59 bits per heavy atom. The average Bonchev–Trinajstić information content (AvgIpc) is 2.64. The first-order chi connectivity index (χ1) is 12.9. The molecule has 1 aromatic heterocycles. The zero-order valence-corrected chi connectivity index (χ0v) is 15.5. The number of benzene rings is 2. The van der Waals surface area contributed by atoms with Crippen molar-refractivity contribution in [3.05, 3.63) is 75.6 Å². The second-order valence-electron chi connectivity index (χ2n) is 6.00. The molecule has 0 bridgehead atoms. The van der Waals surface area contributed by atoms with Gasteiger partial charge in [0, 0.05) is 31.0 Å². The van der Waals surface area contributed by atoms with Gasteiger partial charge in [0.25, 0.3) is 10.2 Å². The van der Waals surface area contributed by atoms with Crippen LogP contribution in [0.2, 0.25) is 0 Å². The highest BCUT2D eigenvalue weighted by Crippen LogP contribution is 2.23. The van der Waals surface area contributed by atoms with Gasteiger partial charge in [-0.1, -0.05) is 30.3 Å². The molecule has 0 amide bonds. The Bertz CT molecular complexity index is 1120. The van der Waals surface area contributed by atoms with Crippen molar-refractivity contribution >= 4 is 26.9 Å². The molecule has 0 fully saturated rings. The smallest absolute Gasteiger partial charge is 0.340 e. The van der Waals surface area contributed by atoms with E-state index in [4.69, 9.17) is 4.42 Å². The van der Waals surface area contributed by atoms with Crippen molar-refractivity contribution in [2.24, 2.45) is 0 Å². The lowest BCUT2D eigenvalue weighted by molar-refractivity contribution is 0.299. The quantitative estimate of drug-likeness (QED) is 0.535. The standard InChI is InChI=1S/C19H20N2O5S/c1-20-27(24,25)21-14-6-4-5-13(11-14)12-17-15(9-10-22)16-7-2-3-8-18(16)26-19(17)23/h2-8,11,20-22H,9-10,12H2,1H3. The Morgan fingerprint density at radius 2 is 1.85 bits per heavy atom. The monoisotopic (exact) mass is 388 g/mol. The van der Waals surface area contributed by atoms with Gasteiger partial charge < -0.3 is 9.52 Å². The zero-order valence-electron chi connectivity index (χ0n) is 14.7. The molecule has 0 aliphatic carbocycles. The highest BCUT2D eigenvalue weighted by molar-refractivity contribution is 7.90. The molecular weight excluding hydrogens is 368 g/mol. The fourth-order valence-corrected chi connectivity index (χ4v) is 3.52. The number of hydrogen-bond donors (Lipinski definition) is 3. The van der Waals surface area contributed by atoms with E-state index in [2.05, 4.69) is 9.44 Å². The van der Waals surface area contributed by atoms with Gasteiger partial charge in [-0.3, -0.25) is 4.72 Å². The van der Waals surface area contributed by atoms with E-state index >= 15 is 0 Å². The molecule has 8 heteroatoms. The van der Waals surface area contributed by atoms with E-state index < -0.39 is 15.8 Å². The lowest BCUT2D eigenvalue weighted by Crippen LogP contribution is -2.26. The molecule has 0 aliphatic rings. The molecule has 0 saturated heterocycles. The van der Waals surface area contributed by atoms with Crippen LogP contribution in [-0.2, 0) is 23.1 Å². The van der Waals surface area contributed by atoms with Gasteiger partial charge >= 0.3 is 5.63 Å². The Balaban J connectivity index is 2.03. The van der Waals surface area contributed by atoms with Crippen LogP contribution in [0.3, 0.4) is 0 Å². The second kappa shape index (κ2) is 7.91. The first-order valence-corrected chi connectivity index (χ1v) is 9.86. The van der Waals surface area contributed by atoms with Crippen LogP contribution >= 0.6 is 0 Å². The van der Waals surface area contributed by atoms with Gasteiger partial charge in [-0.05, 0) is 35.7 Å². The third-order valence-electron chi connectivity index (χ3n) is 4.22. The van der Waals surface area contributed by atoms with Gasteiger partial charge in [0.15, 0.2) is 0 Å². The average molecular weight is 388 g/mol. The number of para-hydroxylation sites is 1. The number of fused-ring (bicyclic) bond motifs is 1. The Hall–Kier alpha value is -2.68. The van der Waals surface area contributed by atoms with Crippen molar-refractivity contribution in [2.45, 2.75) is 12.8 Å². The van der Waals surface area contributed by atoms with Crippen LogP contribution in [-0.4, -0.2) is 27.2 Å². The summed E-state index contributed by atoms with van der Waals surface area (Å²) in [5, 5.41) is 10.2. The number of aliphatic hydroxyl groups is 1. The van der Waals surface area contributed by atoms with Crippen LogP contribution in [0.5, 0.6) is 0 Å². The van der Waals surface area contributed by atoms with Crippen molar-refractivity contribution in [3.63, 3.8) is 0 Å². The summed E-state index contributed by atoms with van der Waals surface area (Å²) in [4.78, 5) is 12.5. The van der Waals surface area contributed by atoms with Gasteiger partial charge in [-0.15, -0.1) is 0 Å². The molecular formula is C19H20N2O5S. The molecule has 142 valence electrons. The fourth-order valence-electron chi connectivity index (χ4n) is 2.98. The van der Waals surface area contributed by atoms with Gasteiger partial charge in [0.2, 0.25) is 0 Å². The van der Waals surface area contributed by atoms with Gasteiger partial charge in [-0.25, -0.2) is 9.52 Å². The minimum Gasteiger partial charge on any atom is -0.423 e. The number of rotatable bonds is 7. The van der Waals surface area contributed by atoms with Crippen molar-refractivity contribution in [3.8, 4) is 0 Å². The topological polar surface area (TPSA) is 109 Å². The van der Waals surface area contributed by atoms with Crippen LogP contribution < -0.4 is 15.1 Å². The molecule has 3 rings (SSSR count). The Kier molecular flexibility index (Phi) is 5.59. The van der Waals surface area contributed by atoms with Crippen LogP contribution in [0.15, 0.2) is 57.7 Å². The summed E-state index contributed by atoms with van der Waals surface area (Å²) in [5.74, 6) is 0. The minimum absolute atomic E-state index is 0.0948. The maximum absolute atomic E-state index is 12.5. The molecule has 0 aliphatic heterocycles. The van der Waals surface area contributed by atoms with Crippen molar-refractivity contribution in [1.29, 1.82) is 0 Å². The normalized spacial score (nSPS) is 11.6. The predicted molar refractivity (Wildman–Crippen MR) is 104 cm³/mol. The Labute approximate surface area is 156 Å². The van der Waals surface area contributed by atoms with Crippen LogP contribution in [0.25, 0.3) is 11.0 Å². The molecule has 0 atom stereocenters. The summed E-state index contributed by atoms with van der Waals surface area (Å²) in [7, 11) is -2.32. The van der Waals surface area contributed by atoms with Crippen LogP contribution in [0.4, 0.5) is 5.69 Å². The number of hydrogen-bond acceptors (Lipinski definition) is 5. The predicted octanol–water partition coefficient (Wildman–Crippen LogP) is 1.79. The first-order valence-electron chi connectivity index (χ1n) is 8.38. The highest BCUT2D eigenvalue weighted by Gasteiger charge is 2.15. The van der Waals surface area contributed by atoms with E-state index in [1.54, 1.807) is 36.4 Å². The summed E-state index contributed by atoms with van der Waals surface area (Å²) in [5.41, 5.74) is 2.34. The summed E-state index contributed by atoms with van der Waals surface area (Å²) in [6.45, 7) is -0.0948. The van der Waals surface area contributed by atoms with Crippen molar-refractivity contribution in [1.82, 2.24) is 4.72 Å².